The van der Waals surface area contributed by atoms with Gasteiger partial charge in [0.05, 0.1) is 0 Å². The molecule has 0 saturated heterocycles. The Morgan fingerprint density at radius 2 is 2.11 bits per heavy atom. The summed E-state index contributed by atoms with van der Waals surface area (Å²) in [5, 5.41) is 0. The Morgan fingerprint density at radius 1 is 1.21 bits per heavy atom. The van der Waals surface area contributed by atoms with Gasteiger partial charge in [-0.15, -0.1) is 0 Å². The van der Waals surface area contributed by atoms with Crippen molar-refractivity contribution in [1.82, 2.24) is 0 Å². The Balaban J connectivity index is 1.76. The second-order valence-electron chi connectivity index (χ2n) is 7.04. The van der Waals surface area contributed by atoms with E-state index in [2.05, 4.69) is 19.1 Å². The number of hydrogen-bond acceptors (Lipinski definition) is 1. The molecule has 0 aromatic heterocycles. The first-order valence-electron chi connectivity index (χ1n) is 7.81. The van der Waals surface area contributed by atoms with Gasteiger partial charge in [-0.2, -0.15) is 0 Å². The molecule has 1 fully saturated rings. The van der Waals surface area contributed by atoms with E-state index in [0.717, 1.165) is 31.1 Å². The summed E-state index contributed by atoms with van der Waals surface area (Å²) in [6, 6.07) is 0. The van der Waals surface area contributed by atoms with Gasteiger partial charge in [0.15, 0.2) is 5.78 Å². The summed E-state index contributed by atoms with van der Waals surface area (Å²) in [5.74, 6) is 1.98. The molecule has 1 nitrogen and oxygen atoms in total. The Hall–Kier alpha value is -1.11. The first kappa shape index (κ1) is 11.7. The van der Waals surface area contributed by atoms with Crippen LogP contribution in [0.5, 0.6) is 0 Å². The van der Waals surface area contributed by atoms with Crippen molar-refractivity contribution in [3.8, 4) is 0 Å². The fraction of sp³-hybridized carbons (Fsp3) is 0.611. The van der Waals surface area contributed by atoms with Gasteiger partial charge >= 0.3 is 0 Å². The van der Waals surface area contributed by atoms with Crippen molar-refractivity contribution in [3.05, 3.63) is 34.9 Å². The average molecular weight is 254 g/mol. The van der Waals surface area contributed by atoms with Gasteiger partial charge in [0.2, 0.25) is 0 Å². The van der Waals surface area contributed by atoms with Crippen LogP contribution in [0.1, 0.15) is 51.9 Å². The van der Waals surface area contributed by atoms with E-state index in [1.54, 1.807) is 11.1 Å². The first-order valence-corrected chi connectivity index (χ1v) is 7.81. The van der Waals surface area contributed by atoms with Gasteiger partial charge in [-0.1, -0.05) is 24.6 Å². The molecule has 4 aliphatic rings. The molecule has 0 aromatic carbocycles. The number of allylic oxidation sites excluding steroid dienone is 6. The van der Waals surface area contributed by atoms with Crippen LogP contribution < -0.4 is 0 Å². The van der Waals surface area contributed by atoms with Crippen molar-refractivity contribution < 1.29 is 4.79 Å². The van der Waals surface area contributed by atoms with Crippen LogP contribution in [-0.4, -0.2) is 5.78 Å². The van der Waals surface area contributed by atoms with Gasteiger partial charge in [0.1, 0.15) is 0 Å². The van der Waals surface area contributed by atoms with Crippen LogP contribution in [0, 0.1) is 17.3 Å². The standard InChI is InChI=1S/C18H22O/c1-18-9-2-3-17(18)16-6-4-12-11-13(19)5-7-14(12)15(16)8-10-18/h2,9,11,16-17H,3-8,10H2,1H3/t16?,17?,18-/m0/s1. The highest BCUT2D eigenvalue weighted by Crippen LogP contribution is 2.57. The number of carbonyl (C=O) groups excluding carboxylic acids is 1. The van der Waals surface area contributed by atoms with Crippen LogP contribution in [0.25, 0.3) is 0 Å². The summed E-state index contributed by atoms with van der Waals surface area (Å²) < 4.78 is 0. The number of hydrogen-bond donors (Lipinski definition) is 0. The summed E-state index contributed by atoms with van der Waals surface area (Å²) in [5.41, 5.74) is 5.17. The molecule has 0 aliphatic heterocycles. The zero-order valence-corrected chi connectivity index (χ0v) is 11.7. The second kappa shape index (κ2) is 3.94. The lowest BCUT2D eigenvalue weighted by molar-refractivity contribution is -0.114. The van der Waals surface area contributed by atoms with Crippen LogP contribution in [-0.2, 0) is 4.79 Å². The van der Waals surface area contributed by atoms with Crippen LogP contribution in [0.3, 0.4) is 0 Å². The van der Waals surface area contributed by atoms with E-state index in [4.69, 9.17) is 0 Å². The smallest absolute Gasteiger partial charge is 0.156 e. The Kier molecular flexibility index (Phi) is 2.43. The lowest BCUT2D eigenvalue weighted by Crippen LogP contribution is -2.37. The highest BCUT2D eigenvalue weighted by Gasteiger charge is 2.46. The molecule has 100 valence electrons. The van der Waals surface area contributed by atoms with E-state index in [-0.39, 0.29) is 0 Å². The molecule has 4 aliphatic carbocycles. The average Bonchev–Trinajstić information content (AvgIpc) is 2.79. The van der Waals surface area contributed by atoms with Crippen molar-refractivity contribution in [3.63, 3.8) is 0 Å². The number of rotatable bonds is 0. The summed E-state index contributed by atoms with van der Waals surface area (Å²) in [4.78, 5) is 11.6. The third-order valence-electron chi connectivity index (χ3n) is 6.06. The van der Waals surface area contributed by atoms with E-state index in [1.165, 1.54) is 31.3 Å². The number of ketones is 1. The van der Waals surface area contributed by atoms with Crippen LogP contribution in [0.2, 0.25) is 0 Å². The molecule has 0 amide bonds. The quantitative estimate of drug-likeness (QED) is 0.587. The van der Waals surface area contributed by atoms with Crippen LogP contribution in [0.4, 0.5) is 0 Å². The molecule has 0 bridgehead atoms. The molecule has 1 saturated carbocycles. The van der Waals surface area contributed by atoms with Gasteiger partial charge < -0.3 is 0 Å². The van der Waals surface area contributed by atoms with E-state index in [1.807, 2.05) is 6.08 Å². The molecule has 0 spiro atoms. The third-order valence-corrected chi connectivity index (χ3v) is 6.06. The van der Waals surface area contributed by atoms with E-state index in [9.17, 15) is 4.79 Å². The van der Waals surface area contributed by atoms with Crippen molar-refractivity contribution in [1.29, 1.82) is 0 Å². The Labute approximate surface area is 115 Å². The van der Waals surface area contributed by atoms with E-state index in [0.29, 0.717) is 11.2 Å². The zero-order chi connectivity index (χ0) is 13.0. The topological polar surface area (TPSA) is 17.1 Å². The first-order chi connectivity index (χ1) is 9.17. The van der Waals surface area contributed by atoms with Gasteiger partial charge in [0.25, 0.3) is 0 Å². The van der Waals surface area contributed by atoms with Gasteiger partial charge in [0, 0.05) is 6.42 Å². The zero-order valence-electron chi connectivity index (χ0n) is 11.7. The van der Waals surface area contributed by atoms with Crippen molar-refractivity contribution in [2.24, 2.45) is 17.3 Å². The summed E-state index contributed by atoms with van der Waals surface area (Å²) in [7, 11) is 0. The molecule has 0 heterocycles. The van der Waals surface area contributed by atoms with Gasteiger partial charge in [-0.3, -0.25) is 4.79 Å². The monoisotopic (exact) mass is 254 g/mol. The molecule has 0 aromatic rings. The van der Waals surface area contributed by atoms with Crippen LogP contribution >= 0.6 is 0 Å². The summed E-state index contributed by atoms with van der Waals surface area (Å²) in [6.45, 7) is 2.46. The molecule has 0 N–H and O–H groups in total. The molecule has 3 atom stereocenters. The lowest BCUT2D eigenvalue weighted by Gasteiger charge is -2.47. The number of carbonyl (C=O) groups is 1. The van der Waals surface area contributed by atoms with Gasteiger partial charge in [-0.05, 0) is 73.0 Å². The minimum atomic E-state index is 0.348. The van der Waals surface area contributed by atoms with Crippen LogP contribution in [0.15, 0.2) is 34.9 Å². The minimum absolute atomic E-state index is 0.348. The normalized spacial score (nSPS) is 40.7. The minimum Gasteiger partial charge on any atom is -0.295 e. The molecule has 4 rings (SSSR count). The maximum atomic E-state index is 11.6. The van der Waals surface area contributed by atoms with Crippen molar-refractivity contribution in [2.45, 2.75) is 51.9 Å². The van der Waals surface area contributed by atoms with E-state index < -0.39 is 0 Å². The SMILES string of the molecule is C[C@@]12C=CCC1C1CCC3=CC(=O)CCC3=C1CC2. The van der Waals surface area contributed by atoms with E-state index >= 15 is 0 Å². The molecule has 19 heavy (non-hydrogen) atoms. The fourth-order valence-corrected chi connectivity index (χ4v) is 5.01. The largest absolute Gasteiger partial charge is 0.295 e. The van der Waals surface area contributed by atoms with Crippen molar-refractivity contribution in [2.75, 3.05) is 0 Å². The molecule has 2 unspecified atom stereocenters. The predicted octanol–water partition coefficient (Wildman–Crippen LogP) is 4.36. The highest BCUT2D eigenvalue weighted by atomic mass is 16.1. The molecular weight excluding hydrogens is 232 g/mol. The third kappa shape index (κ3) is 1.63. The predicted molar refractivity (Wildman–Crippen MR) is 76.7 cm³/mol. The maximum absolute atomic E-state index is 11.6. The Morgan fingerprint density at radius 3 is 3.00 bits per heavy atom. The summed E-state index contributed by atoms with van der Waals surface area (Å²) >= 11 is 0. The Bertz CT molecular complexity index is 534. The number of fused-ring (bicyclic) bond motifs is 4. The second-order valence-corrected chi connectivity index (χ2v) is 7.04. The maximum Gasteiger partial charge on any atom is 0.156 e. The fourth-order valence-electron chi connectivity index (χ4n) is 5.01. The highest BCUT2D eigenvalue weighted by molar-refractivity contribution is 5.93. The molecule has 1 heteroatoms. The molecular formula is C18H22O. The summed E-state index contributed by atoms with van der Waals surface area (Å²) in [6.07, 6.45) is 14.9. The lowest BCUT2D eigenvalue weighted by atomic mass is 9.58. The van der Waals surface area contributed by atoms with Gasteiger partial charge in [-0.25, -0.2) is 0 Å². The van der Waals surface area contributed by atoms with Crippen molar-refractivity contribution >= 4 is 5.78 Å². The molecule has 0 radical (unpaired) electrons.